The van der Waals surface area contributed by atoms with Crippen molar-refractivity contribution in [3.63, 3.8) is 0 Å². The van der Waals surface area contributed by atoms with Gasteiger partial charge in [0.25, 0.3) is 5.56 Å². The summed E-state index contributed by atoms with van der Waals surface area (Å²) in [5.41, 5.74) is 4.00. The van der Waals surface area contributed by atoms with Crippen LogP contribution in [-0.4, -0.2) is 44.7 Å². The highest BCUT2D eigenvalue weighted by Gasteiger charge is 2.14. The van der Waals surface area contributed by atoms with Gasteiger partial charge in [-0.1, -0.05) is 54.3 Å². The first kappa shape index (κ1) is 28.6. The number of para-hydroxylation sites is 1. The van der Waals surface area contributed by atoms with E-state index >= 15 is 0 Å². The fourth-order valence-corrected chi connectivity index (χ4v) is 5.50. The van der Waals surface area contributed by atoms with E-state index in [4.69, 9.17) is 19.3 Å². The quantitative estimate of drug-likeness (QED) is 0.176. The highest BCUT2D eigenvalue weighted by Crippen LogP contribution is 2.29. The number of hydrogen-bond acceptors (Lipinski definition) is 8. The third kappa shape index (κ3) is 6.02. The van der Waals surface area contributed by atoms with Crippen molar-refractivity contribution < 1.29 is 14.2 Å². The molecule has 0 radical (unpaired) electrons. The molecule has 3 heterocycles. The van der Waals surface area contributed by atoms with E-state index in [0.29, 0.717) is 40.0 Å². The van der Waals surface area contributed by atoms with Gasteiger partial charge >= 0.3 is 0 Å². The van der Waals surface area contributed by atoms with Gasteiger partial charge in [-0.15, -0.1) is 5.10 Å². The average molecular weight is 604 g/mol. The Labute approximate surface area is 257 Å². The molecule has 9 nitrogen and oxygen atoms in total. The first-order chi connectivity index (χ1) is 21.6. The van der Waals surface area contributed by atoms with Gasteiger partial charge in [0.1, 0.15) is 18.1 Å². The van der Waals surface area contributed by atoms with Gasteiger partial charge in [-0.3, -0.25) is 4.79 Å². The molecule has 0 saturated heterocycles. The number of thiazole rings is 1. The van der Waals surface area contributed by atoms with Crippen molar-refractivity contribution in [1.29, 1.82) is 0 Å². The molecule has 0 spiro atoms. The van der Waals surface area contributed by atoms with Crippen LogP contribution in [0.4, 0.5) is 0 Å². The molecule has 6 rings (SSSR count). The fourth-order valence-electron chi connectivity index (χ4n) is 4.59. The third-order valence-corrected chi connectivity index (χ3v) is 7.62. The van der Waals surface area contributed by atoms with Crippen LogP contribution in [0.3, 0.4) is 0 Å². The lowest BCUT2D eigenvalue weighted by molar-refractivity contribution is 0.326. The second-order valence-electron chi connectivity index (χ2n) is 9.59. The van der Waals surface area contributed by atoms with E-state index in [1.165, 1.54) is 15.9 Å². The minimum absolute atomic E-state index is 0.243. The number of aromatic nitrogens is 5. The highest BCUT2D eigenvalue weighted by molar-refractivity contribution is 7.15. The van der Waals surface area contributed by atoms with Crippen LogP contribution in [0.25, 0.3) is 40.1 Å². The predicted octanol–water partition coefficient (Wildman–Crippen LogP) is 5.69. The number of benzene rings is 3. The van der Waals surface area contributed by atoms with Crippen LogP contribution >= 0.6 is 11.3 Å². The Morgan fingerprint density at radius 1 is 0.955 bits per heavy atom. The summed E-state index contributed by atoms with van der Waals surface area (Å²) < 4.78 is 20.3. The second kappa shape index (κ2) is 12.8. The number of nitrogens with zero attached hydrogens (tertiary/aromatic N) is 5. The van der Waals surface area contributed by atoms with E-state index < -0.39 is 0 Å². The van der Waals surface area contributed by atoms with E-state index in [9.17, 15) is 4.79 Å². The lowest BCUT2D eigenvalue weighted by Gasteiger charge is -2.09. The molecule has 3 aromatic heterocycles. The van der Waals surface area contributed by atoms with Gasteiger partial charge in [-0.05, 0) is 73.2 Å². The molecule has 0 unspecified atom stereocenters. The number of fused-ring (bicyclic) bond motifs is 1. The first-order valence-electron chi connectivity index (χ1n) is 14.0. The number of rotatable bonds is 11. The molecule has 0 saturated carbocycles. The molecule has 10 heteroatoms. The van der Waals surface area contributed by atoms with Gasteiger partial charge < -0.3 is 14.2 Å². The summed E-state index contributed by atoms with van der Waals surface area (Å²) in [6, 6.07) is 23.2. The molecule has 6 aromatic rings. The van der Waals surface area contributed by atoms with Crippen molar-refractivity contribution in [2.24, 2.45) is 0 Å². The fraction of sp³-hybridized carbons (Fsp3) is 0.118. The van der Waals surface area contributed by atoms with Crippen molar-refractivity contribution in [1.82, 2.24) is 24.4 Å². The summed E-state index contributed by atoms with van der Waals surface area (Å²) in [4.78, 5) is 18.5. The lowest BCUT2D eigenvalue weighted by Crippen LogP contribution is -2.23. The van der Waals surface area contributed by atoms with Crippen molar-refractivity contribution in [3.8, 4) is 34.2 Å². The Balaban J connectivity index is 1.33. The summed E-state index contributed by atoms with van der Waals surface area (Å²) >= 11 is 1.28. The number of methoxy groups -OCH3 is 1. The molecule has 0 atom stereocenters. The lowest BCUT2D eigenvalue weighted by atomic mass is 10.1. The first-order valence-corrected chi connectivity index (χ1v) is 14.8. The zero-order chi connectivity index (χ0) is 30.5. The molecule has 220 valence electrons. The van der Waals surface area contributed by atoms with Crippen LogP contribution in [0.1, 0.15) is 23.9 Å². The Bertz CT molecular complexity index is 2060. The topological polar surface area (TPSA) is 92.8 Å². The molecule has 0 bridgehead atoms. The largest absolute Gasteiger partial charge is 0.494 e. The molecular weight excluding hydrogens is 574 g/mol. The smallest absolute Gasteiger partial charge is 0.291 e. The molecule has 0 fully saturated rings. The summed E-state index contributed by atoms with van der Waals surface area (Å²) in [6.45, 7) is 6.60. The van der Waals surface area contributed by atoms with Crippen molar-refractivity contribution >= 4 is 34.5 Å². The molecular formula is C34H29N5O4S. The maximum atomic E-state index is 13.4. The van der Waals surface area contributed by atoms with Crippen LogP contribution in [0.15, 0.2) is 96.4 Å². The number of hydrogen-bond donors (Lipinski definition) is 0. The van der Waals surface area contributed by atoms with Crippen LogP contribution in [0.2, 0.25) is 0 Å². The summed E-state index contributed by atoms with van der Waals surface area (Å²) in [5.74, 6) is 2.45. The minimum atomic E-state index is -0.243. The average Bonchev–Trinajstić information content (AvgIpc) is 3.74. The van der Waals surface area contributed by atoms with Crippen LogP contribution < -0.4 is 24.3 Å². The molecule has 0 N–H and O–H groups in total. The van der Waals surface area contributed by atoms with Gasteiger partial charge in [-0.2, -0.15) is 14.6 Å². The zero-order valence-electron chi connectivity index (χ0n) is 24.2. The van der Waals surface area contributed by atoms with Crippen molar-refractivity contribution in [2.75, 3.05) is 20.3 Å². The predicted molar refractivity (Wildman–Crippen MR) is 174 cm³/mol. The van der Waals surface area contributed by atoms with E-state index in [-0.39, 0.29) is 5.56 Å². The molecule has 0 aliphatic rings. The maximum Gasteiger partial charge on any atom is 0.291 e. The van der Waals surface area contributed by atoms with Gasteiger partial charge in [0, 0.05) is 17.3 Å². The van der Waals surface area contributed by atoms with Crippen molar-refractivity contribution in [3.05, 3.63) is 123 Å². The summed E-state index contributed by atoms with van der Waals surface area (Å²) in [5, 5.41) is 9.32. The standard InChI is InChI=1S/C34H29N5O4S/c1-4-19-43-28-17-11-23(20-29(28)41-3)12-18-31-35-34-39(36-31)33(40)30(44-34)21-25-22-38(26-9-7-6-8-10-26)37-32(25)24-13-15-27(16-14-24)42-5-2/h4,6-18,20-22H,1,5,19H2,2-3H3/b18-12+,30-21-. The highest BCUT2D eigenvalue weighted by atomic mass is 32.1. The van der Waals surface area contributed by atoms with E-state index in [2.05, 4.69) is 16.7 Å². The normalized spacial score (nSPS) is 11.8. The monoisotopic (exact) mass is 603 g/mol. The molecule has 3 aromatic carbocycles. The maximum absolute atomic E-state index is 13.4. The molecule has 0 amide bonds. The van der Waals surface area contributed by atoms with Crippen LogP contribution in [-0.2, 0) is 0 Å². The van der Waals surface area contributed by atoms with Gasteiger partial charge in [0.05, 0.1) is 23.9 Å². The zero-order valence-corrected chi connectivity index (χ0v) is 25.0. The Morgan fingerprint density at radius 2 is 1.77 bits per heavy atom. The van der Waals surface area contributed by atoms with E-state index in [1.807, 2.05) is 103 Å². The van der Waals surface area contributed by atoms with E-state index in [0.717, 1.165) is 33.8 Å². The van der Waals surface area contributed by atoms with Gasteiger partial charge in [0.15, 0.2) is 17.3 Å². The van der Waals surface area contributed by atoms with Crippen molar-refractivity contribution in [2.45, 2.75) is 6.92 Å². The molecule has 0 aliphatic carbocycles. The Kier molecular flexibility index (Phi) is 8.33. The molecule has 0 aliphatic heterocycles. The van der Waals surface area contributed by atoms with Gasteiger partial charge in [-0.25, -0.2) is 4.68 Å². The summed E-state index contributed by atoms with van der Waals surface area (Å²) in [7, 11) is 1.59. The van der Waals surface area contributed by atoms with Crippen LogP contribution in [0, 0.1) is 0 Å². The number of ether oxygens (including phenoxy) is 3. The molecule has 44 heavy (non-hydrogen) atoms. The Hall–Kier alpha value is -5.48. The van der Waals surface area contributed by atoms with Gasteiger partial charge in [0.2, 0.25) is 4.96 Å². The third-order valence-electron chi connectivity index (χ3n) is 6.66. The second-order valence-corrected chi connectivity index (χ2v) is 10.6. The summed E-state index contributed by atoms with van der Waals surface area (Å²) in [6.07, 6.45) is 9.06. The van der Waals surface area contributed by atoms with Crippen LogP contribution in [0.5, 0.6) is 17.2 Å². The SMILES string of the molecule is C=CCOc1ccc(/C=C/c2nc3s/c(=C\c4cn(-c5ccccc5)nc4-c4ccc(OCC)cc4)c(=O)n3n2)cc1OC. The Morgan fingerprint density at radius 3 is 2.50 bits per heavy atom. The minimum Gasteiger partial charge on any atom is -0.494 e. The van der Waals surface area contributed by atoms with E-state index in [1.54, 1.807) is 19.3 Å².